The Morgan fingerprint density at radius 3 is 2.24 bits per heavy atom. The first-order valence-corrected chi connectivity index (χ1v) is 11.2. The molecule has 0 N–H and O–H groups in total. The maximum Gasteiger partial charge on any atom is 0.240 e. The lowest BCUT2D eigenvalue weighted by Crippen LogP contribution is -2.44. The number of nitrogens with zero attached hydrogens (tertiary/aromatic N) is 2. The molecule has 3 heterocycles. The minimum absolute atomic E-state index is 0.167. The fraction of sp³-hybridized carbons (Fsp3) is 0.148. The van der Waals surface area contributed by atoms with Gasteiger partial charge in [0.05, 0.1) is 28.6 Å². The molecule has 2 fully saturated rings. The van der Waals surface area contributed by atoms with Gasteiger partial charge in [0, 0.05) is 11.8 Å². The number of amides is 2. The largest absolute Gasteiger partial charge is 0.358 e. The summed E-state index contributed by atoms with van der Waals surface area (Å²) in [5.41, 5.74) is 2.81. The van der Waals surface area contributed by atoms with Crippen LogP contribution in [0.4, 0.5) is 5.69 Å². The van der Waals surface area contributed by atoms with Gasteiger partial charge in [-0.05, 0) is 29.3 Å². The van der Waals surface area contributed by atoms with Crippen molar-refractivity contribution in [3.05, 3.63) is 107 Å². The highest BCUT2D eigenvalue weighted by Gasteiger charge is 2.64. The van der Waals surface area contributed by atoms with Crippen molar-refractivity contribution in [3.63, 3.8) is 0 Å². The predicted molar refractivity (Wildman–Crippen MR) is 126 cm³/mol. The first-order valence-electron chi connectivity index (χ1n) is 10.8. The Morgan fingerprint density at radius 2 is 1.45 bits per heavy atom. The van der Waals surface area contributed by atoms with Crippen LogP contribution in [0.15, 0.2) is 85.1 Å². The van der Waals surface area contributed by atoms with Crippen molar-refractivity contribution in [2.24, 2.45) is 11.8 Å². The smallest absolute Gasteiger partial charge is 0.240 e. The van der Waals surface area contributed by atoms with Gasteiger partial charge in [-0.15, -0.1) is 0 Å². The van der Waals surface area contributed by atoms with Gasteiger partial charge >= 0.3 is 0 Å². The van der Waals surface area contributed by atoms with Crippen molar-refractivity contribution in [1.82, 2.24) is 4.90 Å². The Hall–Kier alpha value is -3.70. The zero-order valence-electron chi connectivity index (χ0n) is 17.5. The fourth-order valence-corrected chi connectivity index (χ4v) is 5.72. The van der Waals surface area contributed by atoms with Crippen LogP contribution in [0.1, 0.15) is 27.5 Å². The number of hydrogen-bond donors (Lipinski definition) is 0. The van der Waals surface area contributed by atoms with Gasteiger partial charge < -0.3 is 4.90 Å². The summed E-state index contributed by atoms with van der Waals surface area (Å²) in [7, 11) is 0. The topological polar surface area (TPSA) is 57.7 Å². The summed E-state index contributed by atoms with van der Waals surface area (Å²) >= 11 is 6.37. The van der Waals surface area contributed by atoms with E-state index in [1.54, 1.807) is 48.5 Å². The molecule has 0 spiro atoms. The number of imide groups is 1. The van der Waals surface area contributed by atoms with Crippen molar-refractivity contribution in [3.8, 4) is 0 Å². The van der Waals surface area contributed by atoms with E-state index in [0.29, 0.717) is 16.3 Å². The molecule has 3 aliphatic heterocycles. The quantitative estimate of drug-likeness (QED) is 0.424. The highest BCUT2D eigenvalue weighted by atomic mass is 35.5. The van der Waals surface area contributed by atoms with Gasteiger partial charge in [0.25, 0.3) is 0 Å². The van der Waals surface area contributed by atoms with Crippen LogP contribution in [0.3, 0.4) is 0 Å². The summed E-state index contributed by atoms with van der Waals surface area (Å²) in [4.78, 5) is 44.4. The molecule has 6 rings (SSSR count). The SMILES string of the molecule is O=C(c1ccccc1)C1C2C(=O)N(c3ccccc3Cl)C(=O)C2C2c3ccccc3C=CN12. The summed E-state index contributed by atoms with van der Waals surface area (Å²) < 4.78 is 0. The molecule has 4 unspecified atom stereocenters. The molecule has 0 radical (unpaired) electrons. The van der Waals surface area contributed by atoms with Crippen LogP contribution in [0.25, 0.3) is 6.08 Å². The summed E-state index contributed by atoms with van der Waals surface area (Å²) in [6.45, 7) is 0. The number of rotatable bonds is 3. The van der Waals surface area contributed by atoms with E-state index in [1.807, 2.05) is 47.5 Å². The van der Waals surface area contributed by atoms with Gasteiger partial charge in [-0.2, -0.15) is 0 Å². The molecule has 3 aromatic carbocycles. The third-order valence-corrected chi connectivity index (χ3v) is 7.20. The Labute approximate surface area is 195 Å². The molecule has 0 aromatic heterocycles. The lowest BCUT2D eigenvalue weighted by molar-refractivity contribution is -0.123. The molecule has 4 atom stereocenters. The van der Waals surface area contributed by atoms with Gasteiger partial charge in [0.1, 0.15) is 6.04 Å². The van der Waals surface area contributed by atoms with Gasteiger partial charge in [-0.25, -0.2) is 4.90 Å². The summed E-state index contributed by atoms with van der Waals surface area (Å²) in [6.07, 6.45) is 3.80. The molecule has 6 heteroatoms. The van der Waals surface area contributed by atoms with Gasteiger partial charge in [-0.3, -0.25) is 14.4 Å². The number of anilines is 1. The first-order chi connectivity index (χ1) is 16.1. The van der Waals surface area contributed by atoms with Crippen molar-refractivity contribution in [1.29, 1.82) is 0 Å². The Bertz CT molecular complexity index is 1340. The number of fused-ring (bicyclic) bond motifs is 5. The minimum Gasteiger partial charge on any atom is -0.358 e. The molecule has 162 valence electrons. The molecule has 0 saturated carbocycles. The highest BCUT2D eigenvalue weighted by molar-refractivity contribution is 6.36. The number of carbonyl (C=O) groups is 3. The van der Waals surface area contributed by atoms with Crippen molar-refractivity contribution in [2.75, 3.05) is 4.90 Å². The van der Waals surface area contributed by atoms with Crippen LogP contribution in [-0.2, 0) is 9.59 Å². The van der Waals surface area contributed by atoms with Crippen molar-refractivity contribution >= 4 is 41.0 Å². The lowest BCUT2D eigenvalue weighted by Gasteiger charge is -2.35. The number of halogens is 1. The number of para-hydroxylation sites is 1. The van der Waals surface area contributed by atoms with E-state index in [9.17, 15) is 14.4 Å². The predicted octanol–water partition coefficient (Wildman–Crippen LogP) is 4.74. The van der Waals surface area contributed by atoms with E-state index in [0.717, 1.165) is 11.1 Å². The van der Waals surface area contributed by atoms with E-state index < -0.39 is 23.9 Å². The molecule has 2 amide bonds. The maximum atomic E-state index is 13.8. The molecule has 5 nitrogen and oxygen atoms in total. The molecule has 3 aromatic rings. The molecule has 33 heavy (non-hydrogen) atoms. The number of ketones is 1. The summed E-state index contributed by atoms with van der Waals surface area (Å²) in [5.74, 6) is -2.35. The molecule has 0 aliphatic carbocycles. The second-order valence-electron chi connectivity index (χ2n) is 8.53. The van der Waals surface area contributed by atoms with Crippen molar-refractivity contribution < 1.29 is 14.4 Å². The standard InChI is InChI=1S/C27H19ClN2O3/c28-19-12-6-7-13-20(19)30-26(32)21-22(27(30)33)24(25(31)17-9-2-1-3-10-17)29-15-14-16-8-4-5-11-18(16)23(21)29/h1-15,21-24H. The Morgan fingerprint density at radius 1 is 0.788 bits per heavy atom. The second-order valence-corrected chi connectivity index (χ2v) is 8.93. The normalized spacial score (nSPS) is 25.1. The maximum absolute atomic E-state index is 13.8. The van der Waals surface area contributed by atoms with E-state index in [-0.39, 0.29) is 17.6 Å². The third kappa shape index (κ3) is 2.82. The average molecular weight is 455 g/mol. The first kappa shape index (κ1) is 19.9. The fourth-order valence-electron chi connectivity index (χ4n) is 5.50. The van der Waals surface area contributed by atoms with Crippen LogP contribution in [0, 0.1) is 11.8 Å². The zero-order valence-corrected chi connectivity index (χ0v) is 18.2. The minimum atomic E-state index is -0.803. The molecule has 3 aliphatic rings. The number of benzene rings is 3. The van der Waals surface area contributed by atoms with E-state index in [2.05, 4.69) is 0 Å². The average Bonchev–Trinajstić information content (AvgIpc) is 3.32. The van der Waals surface area contributed by atoms with Crippen LogP contribution < -0.4 is 4.90 Å². The van der Waals surface area contributed by atoms with Crippen LogP contribution in [0.2, 0.25) is 5.02 Å². The Kier molecular flexibility index (Phi) is 4.49. The van der Waals surface area contributed by atoms with E-state index >= 15 is 0 Å². The molecular weight excluding hydrogens is 436 g/mol. The second kappa shape index (κ2) is 7.42. The number of carbonyl (C=O) groups excluding carboxylic acids is 3. The van der Waals surface area contributed by atoms with Crippen LogP contribution in [-0.4, -0.2) is 28.5 Å². The van der Waals surface area contributed by atoms with E-state index in [4.69, 9.17) is 11.6 Å². The lowest BCUT2D eigenvalue weighted by atomic mass is 9.83. The monoisotopic (exact) mass is 454 g/mol. The molecule has 2 saturated heterocycles. The zero-order chi connectivity index (χ0) is 22.7. The van der Waals surface area contributed by atoms with Crippen LogP contribution >= 0.6 is 11.6 Å². The molecular formula is C27H19ClN2O3. The highest BCUT2D eigenvalue weighted by Crippen LogP contribution is 2.54. The van der Waals surface area contributed by atoms with Gasteiger partial charge in [0.2, 0.25) is 11.8 Å². The Balaban J connectivity index is 1.52. The van der Waals surface area contributed by atoms with Crippen molar-refractivity contribution in [2.45, 2.75) is 12.1 Å². The van der Waals surface area contributed by atoms with Gasteiger partial charge in [-0.1, -0.05) is 78.3 Å². The van der Waals surface area contributed by atoms with Gasteiger partial charge in [0.15, 0.2) is 5.78 Å². The number of hydrogen-bond acceptors (Lipinski definition) is 4. The molecule has 0 bridgehead atoms. The third-order valence-electron chi connectivity index (χ3n) is 6.88. The summed E-state index contributed by atoms with van der Waals surface area (Å²) in [5, 5.41) is 0.325. The number of Topliss-reactive ketones (excluding diaryl/α,β-unsaturated/α-hetero) is 1. The van der Waals surface area contributed by atoms with E-state index in [1.165, 1.54) is 4.90 Å². The summed E-state index contributed by atoms with van der Waals surface area (Å²) in [6, 6.07) is 22.4. The van der Waals surface area contributed by atoms with Crippen LogP contribution in [0.5, 0.6) is 0 Å².